The maximum absolute atomic E-state index is 6.03. The van der Waals surface area contributed by atoms with E-state index in [1.54, 1.807) is 0 Å². The first-order chi connectivity index (χ1) is 8.26. The van der Waals surface area contributed by atoms with E-state index in [1.807, 2.05) is 13.8 Å². The van der Waals surface area contributed by atoms with Gasteiger partial charge in [0.05, 0.1) is 5.60 Å². The van der Waals surface area contributed by atoms with Crippen molar-refractivity contribution in [3.05, 3.63) is 0 Å². The van der Waals surface area contributed by atoms with E-state index in [0.717, 1.165) is 25.9 Å². The molecular weight excluding hydrogens is 216 g/mol. The van der Waals surface area contributed by atoms with Crippen LogP contribution in [0.1, 0.15) is 59.3 Å². The highest BCUT2D eigenvalue weighted by Gasteiger charge is 2.35. The SMILES string of the molecule is CCOC(CC1(OCC)CCCCC1)OCC. The zero-order valence-electron chi connectivity index (χ0n) is 11.7. The fraction of sp³-hybridized carbons (Fsp3) is 1.00. The number of ether oxygens (including phenoxy) is 3. The summed E-state index contributed by atoms with van der Waals surface area (Å²) in [5.74, 6) is 0. The first-order valence-corrected chi connectivity index (χ1v) is 7.13. The van der Waals surface area contributed by atoms with Crippen LogP contribution < -0.4 is 0 Å². The van der Waals surface area contributed by atoms with Crippen molar-refractivity contribution in [2.24, 2.45) is 0 Å². The predicted molar refractivity (Wildman–Crippen MR) is 69.1 cm³/mol. The summed E-state index contributed by atoms with van der Waals surface area (Å²) in [5.41, 5.74) is 0.00199. The average molecular weight is 244 g/mol. The fourth-order valence-electron chi connectivity index (χ4n) is 2.75. The molecule has 0 heterocycles. The highest BCUT2D eigenvalue weighted by molar-refractivity contribution is 4.85. The minimum absolute atomic E-state index is 0.00199. The van der Waals surface area contributed by atoms with Crippen LogP contribution >= 0.6 is 0 Å². The van der Waals surface area contributed by atoms with Crippen molar-refractivity contribution in [3.63, 3.8) is 0 Å². The molecular formula is C14H28O3. The van der Waals surface area contributed by atoms with Crippen molar-refractivity contribution < 1.29 is 14.2 Å². The highest BCUT2D eigenvalue weighted by atomic mass is 16.7. The van der Waals surface area contributed by atoms with E-state index in [1.165, 1.54) is 19.3 Å². The summed E-state index contributed by atoms with van der Waals surface area (Å²) in [5, 5.41) is 0. The van der Waals surface area contributed by atoms with Gasteiger partial charge in [0, 0.05) is 26.2 Å². The van der Waals surface area contributed by atoms with Gasteiger partial charge < -0.3 is 14.2 Å². The molecule has 102 valence electrons. The van der Waals surface area contributed by atoms with Crippen LogP contribution in [0.25, 0.3) is 0 Å². The minimum Gasteiger partial charge on any atom is -0.375 e. The van der Waals surface area contributed by atoms with Gasteiger partial charge in [0.1, 0.15) is 0 Å². The minimum atomic E-state index is -0.102. The van der Waals surface area contributed by atoms with E-state index in [4.69, 9.17) is 14.2 Å². The Balaban J connectivity index is 2.55. The van der Waals surface area contributed by atoms with E-state index in [2.05, 4.69) is 6.92 Å². The zero-order chi connectivity index (χ0) is 12.6. The lowest BCUT2D eigenvalue weighted by molar-refractivity contribution is -0.185. The van der Waals surface area contributed by atoms with Gasteiger partial charge in [-0.3, -0.25) is 0 Å². The second kappa shape index (κ2) is 8.06. The number of rotatable bonds is 8. The van der Waals surface area contributed by atoms with Crippen molar-refractivity contribution in [3.8, 4) is 0 Å². The van der Waals surface area contributed by atoms with Crippen molar-refractivity contribution in [2.45, 2.75) is 71.2 Å². The maximum Gasteiger partial charge on any atom is 0.160 e. The molecule has 1 rings (SSSR count). The van der Waals surface area contributed by atoms with Crippen molar-refractivity contribution in [1.29, 1.82) is 0 Å². The second-order valence-corrected chi connectivity index (χ2v) is 4.72. The quantitative estimate of drug-likeness (QED) is 0.611. The Hall–Kier alpha value is -0.120. The molecule has 0 aromatic heterocycles. The molecule has 1 fully saturated rings. The van der Waals surface area contributed by atoms with Crippen molar-refractivity contribution >= 4 is 0 Å². The monoisotopic (exact) mass is 244 g/mol. The summed E-state index contributed by atoms with van der Waals surface area (Å²) in [6, 6.07) is 0. The summed E-state index contributed by atoms with van der Waals surface area (Å²) in [7, 11) is 0. The van der Waals surface area contributed by atoms with Gasteiger partial charge in [0.15, 0.2) is 6.29 Å². The molecule has 0 atom stereocenters. The molecule has 17 heavy (non-hydrogen) atoms. The summed E-state index contributed by atoms with van der Waals surface area (Å²) in [4.78, 5) is 0. The molecule has 3 heteroatoms. The second-order valence-electron chi connectivity index (χ2n) is 4.72. The van der Waals surface area contributed by atoms with Crippen molar-refractivity contribution in [1.82, 2.24) is 0 Å². The Kier molecular flexibility index (Phi) is 7.09. The van der Waals surface area contributed by atoms with Crippen LogP contribution in [0.3, 0.4) is 0 Å². The van der Waals surface area contributed by atoms with Gasteiger partial charge in [0.2, 0.25) is 0 Å². The third-order valence-electron chi connectivity index (χ3n) is 3.46. The molecule has 0 radical (unpaired) electrons. The fourth-order valence-corrected chi connectivity index (χ4v) is 2.75. The maximum atomic E-state index is 6.03. The van der Waals surface area contributed by atoms with E-state index in [-0.39, 0.29) is 11.9 Å². The lowest BCUT2D eigenvalue weighted by Gasteiger charge is -2.39. The molecule has 0 aromatic carbocycles. The molecule has 0 unspecified atom stereocenters. The molecule has 0 bridgehead atoms. The van der Waals surface area contributed by atoms with Gasteiger partial charge in [-0.25, -0.2) is 0 Å². The average Bonchev–Trinajstić information content (AvgIpc) is 2.31. The van der Waals surface area contributed by atoms with Crippen LogP contribution in [-0.4, -0.2) is 31.7 Å². The summed E-state index contributed by atoms with van der Waals surface area (Å²) in [6.07, 6.45) is 6.95. The van der Waals surface area contributed by atoms with Gasteiger partial charge in [-0.2, -0.15) is 0 Å². The number of hydrogen-bond donors (Lipinski definition) is 0. The van der Waals surface area contributed by atoms with Gasteiger partial charge >= 0.3 is 0 Å². The molecule has 3 nitrogen and oxygen atoms in total. The first kappa shape index (κ1) is 14.9. The van der Waals surface area contributed by atoms with Gasteiger partial charge in [-0.15, -0.1) is 0 Å². The predicted octanol–water partition coefficient (Wildman–Crippen LogP) is 3.52. The molecule has 0 saturated heterocycles. The zero-order valence-corrected chi connectivity index (χ0v) is 11.7. The smallest absolute Gasteiger partial charge is 0.160 e. The van der Waals surface area contributed by atoms with Gasteiger partial charge in [0.25, 0.3) is 0 Å². The Morgan fingerprint density at radius 3 is 1.94 bits per heavy atom. The summed E-state index contributed by atoms with van der Waals surface area (Å²) in [6.45, 7) is 8.29. The van der Waals surface area contributed by atoms with Gasteiger partial charge in [-0.05, 0) is 33.6 Å². The first-order valence-electron chi connectivity index (χ1n) is 7.13. The molecule has 0 N–H and O–H groups in total. The third-order valence-corrected chi connectivity index (χ3v) is 3.46. The topological polar surface area (TPSA) is 27.7 Å². The van der Waals surface area contributed by atoms with Crippen LogP contribution in [-0.2, 0) is 14.2 Å². The molecule has 1 aliphatic rings. The standard InChI is InChI=1S/C14H28O3/c1-4-15-13(16-5-2)12-14(17-6-3)10-8-7-9-11-14/h13H,4-12H2,1-3H3. The van der Waals surface area contributed by atoms with E-state index in [9.17, 15) is 0 Å². The summed E-state index contributed by atoms with van der Waals surface area (Å²) >= 11 is 0. The highest BCUT2D eigenvalue weighted by Crippen LogP contribution is 2.36. The Labute approximate surface area is 106 Å². The Morgan fingerprint density at radius 1 is 0.882 bits per heavy atom. The normalized spacial score (nSPS) is 19.8. The van der Waals surface area contributed by atoms with Crippen LogP contribution in [0.4, 0.5) is 0 Å². The van der Waals surface area contributed by atoms with Crippen LogP contribution in [0.5, 0.6) is 0 Å². The molecule has 0 amide bonds. The molecule has 0 aliphatic heterocycles. The Bertz CT molecular complexity index is 176. The third kappa shape index (κ3) is 4.94. The molecule has 1 aliphatic carbocycles. The van der Waals surface area contributed by atoms with Gasteiger partial charge in [-0.1, -0.05) is 19.3 Å². The summed E-state index contributed by atoms with van der Waals surface area (Å²) < 4.78 is 17.3. The molecule has 1 saturated carbocycles. The number of hydrogen-bond acceptors (Lipinski definition) is 3. The van der Waals surface area contributed by atoms with Crippen LogP contribution in [0.2, 0.25) is 0 Å². The largest absolute Gasteiger partial charge is 0.375 e. The molecule has 0 aromatic rings. The van der Waals surface area contributed by atoms with E-state index >= 15 is 0 Å². The van der Waals surface area contributed by atoms with Crippen LogP contribution in [0, 0.1) is 0 Å². The Morgan fingerprint density at radius 2 is 1.47 bits per heavy atom. The van der Waals surface area contributed by atoms with E-state index < -0.39 is 0 Å². The lowest BCUT2D eigenvalue weighted by atomic mass is 9.82. The van der Waals surface area contributed by atoms with Crippen molar-refractivity contribution in [2.75, 3.05) is 19.8 Å². The lowest BCUT2D eigenvalue weighted by Crippen LogP contribution is -2.40. The van der Waals surface area contributed by atoms with Crippen LogP contribution in [0.15, 0.2) is 0 Å². The molecule has 0 spiro atoms. The van der Waals surface area contributed by atoms with E-state index in [0.29, 0.717) is 13.2 Å².